The third-order valence-corrected chi connectivity index (χ3v) is 3.49. The van der Waals surface area contributed by atoms with Crippen LogP contribution in [0.1, 0.15) is 43.2 Å². The predicted octanol–water partition coefficient (Wildman–Crippen LogP) is 2.66. The lowest BCUT2D eigenvalue weighted by Gasteiger charge is -2.30. The van der Waals surface area contributed by atoms with Crippen LogP contribution >= 0.6 is 0 Å². The Balaban J connectivity index is 1.96. The van der Waals surface area contributed by atoms with Crippen molar-refractivity contribution in [2.45, 2.75) is 33.6 Å². The SMILES string of the molecule is CC(C)(C)Cc1noc2ncc(C(=O)N3CCC3)cc12. The standard InChI is InChI=1S/C15H19N3O2/c1-15(2,3)8-12-11-7-10(9-16-13(11)20-17-12)14(19)18-5-4-6-18/h7,9H,4-6,8H2,1-3H3. The summed E-state index contributed by atoms with van der Waals surface area (Å²) in [6.45, 7) is 8.13. The minimum atomic E-state index is 0.0496. The van der Waals surface area contributed by atoms with Gasteiger partial charge in [-0.1, -0.05) is 25.9 Å². The smallest absolute Gasteiger partial charge is 0.257 e. The van der Waals surface area contributed by atoms with Crippen LogP contribution < -0.4 is 0 Å². The van der Waals surface area contributed by atoms with E-state index >= 15 is 0 Å². The Hall–Kier alpha value is -1.91. The number of hydrogen-bond acceptors (Lipinski definition) is 4. The summed E-state index contributed by atoms with van der Waals surface area (Å²) in [5, 5.41) is 4.95. The van der Waals surface area contributed by atoms with Crippen LogP contribution in [0.5, 0.6) is 0 Å². The van der Waals surface area contributed by atoms with Gasteiger partial charge in [-0.2, -0.15) is 0 Å². The zero-order valence-corrected chi connectivity index (χ0v) is 12.1. The van der Waals surface area contributed by atoms with Gasteiger partial charge in [0.2, 0.25) is 0 Å². The Morgan fingerprint density at radius 1 is 1.40 bits per heavy atom. The van der Waals surface area contributed by atoms with Crippen molar-refractivity contribution in [3.05, 3.63) is 23.5 Å². The molecule has 1 aliphatic rings. The number of carbonyl (C=O) groups is 1. The summed E-state index contributed by atoms with van der Waals surface area (Å²) in [5.74, 6) is 0.0496. The quantitative estimate of drug-likeness (QED) is 0.844. The van der Waals surface area contributed by atoms with Gasteiger partial charge in [0.05, 0.1) is 16.6 Å². The maximum absolute atomic E-state index is 12.2. The van der Waals surface area contributed by atoms with Crippen LogP contribution in [0, 0.1) is 5.41 Å². The Bertz CT molecular complexity index is 651. The van der Waals surface area contributed by atoms with Crippen molar-refractivity contribution in [2.24, 2.45) is 5.41 Å². The number of aromatic nitrogens is 2. The number of likely N-dealkylation sites (tertiary alicyclic amines) is 1. The van der Waals surface area contributed by atoms with E-state index in [-0.39, 0.29) is 11.3 Å². The molecular formula is C15H19N3O2. The number of carbonyl (C=O) groups excluding carboxylic acids is 1. The molecule has 20 heavy (non-hydrogen) atoms. The van der Waals surface area contributed by atoms with Gasteiger partial charge in [-0.3, -0.25) is 4.79 Å². The highest BCUT2D eigenvalue weighted by Gasteiger charge is 2.24. The molecule has 0 aliphatic carbocycles. The number of amides is 1. The molecule has 5 heteroatoms. The van der Waals surface area contributed by atoms with Crippen molar-refractivity contribution in [1.29, 1.82) is 0 Å². The van der Waals surface area contributed by atoms with Crippen LogP contribution in [-0.4, -0.2) is 34.0 Å². The van der Waals surface area contributed by atoms with Crippen molar-refractivity contribution in [1.82, 2.24) is 15.0 Å². The van der Waals surface area contributed by atoms with Crippen molar-refractivity contribution in [3.8, 4) is 0 Å². The van der Waals surface area contributed by atoms with Crippen LogP contribution in [0.25, 0.3) is 11.1 Å². The first-order valence-corrected chi connectivity index (χ1v) is 6.98. The van der Waals surface area contributed by atoms with Crippen LogP contribution in [0.3, 0.4) is 0 Å². The second kappa shape index (κ2) is 4.58. The molecule has 2 aromatic rings. The zero-order chi connectivity index (χ0) is 14.3. The third kappa shape index (κ3) is 2.40. The van der Waals surface area contributed by atoms with Crippen molar-refractivity contribution < 1.29 is 9.32 Å². The largest absolute Gasteiger partial charge is 0.338 e. The Labute approximate surface area is 117 Å². The van der Waals surface area contributed by atoms with Crippen LogP contribution in [0.4, 0.5) is 0 Å². The molecule has 1 amide bonds. The second-order valence-electron chi connectivity index (χ2n) is 6.59. The lowest BCUT2D eigenvalue weighted by molar-refractivity contribution is 0.0651. The van der Waals surface area contributed by atoms with E-state index in [0.29, 0.717) is 11.3 Å². The fourth-order valence-corrected chi connectivity index (χ4v) is 2.33. The molecule has 3 rings (SSSR count). The van der Waals surface area contributed by atoms with E-state index < -0.39 is 0 Å². The lowest BCUT2D eigenvalue weighted by atomic mass is 9.90. The summed E-state index contributed by atoms with van der Waals surface area (Å²) in [7, 11) is 0. The molecule has 1 saturated heterocycles. The fourth-order valence-electron chi connectivity index (χ4n) is 2.33. The number of rotatable bonds is 2. The summed E-state index contributed by atoms with van der Waals surface area (Å²) >= 11 is 0. The van der Waals surface area contributed by atoms with Gasteiger partial charge in [-0.05, 0) is 24.3 Å². The zero-order valence-electron chi connectivity index (χ0n) is 12.1. The molecule has 0 spiro atoms. The topological polar surface area (TPSA) is 59.2 Å². The number of fused-ring (bicyclic) bond motifs is 1. The maximum Gasteiger partial charge on any atom is 0.257 e. The van der Waals surface area contributed by atoms with Gasteiger partial charge in [0.25, 0.3) is 11.6 Å². The molecule has 2 aromatic heterocycles. The van der Waals surface area contributed by atoms with Gasteiger partial charge in [0.15, 0.2) is 0 Å². The number of hydrogen-bond donors (Lipinski definition) is 0. The average molecular weight is 273 g/mol. The highest BCUT2D eigenvalue weighted by molar-refractivity contribution is 5.97. The molecule has 5 nitrogen and oxygen atoms in total. The number of nitrogens with zero attached hydrogens (tertiary/aromatic N) is 3. The Kier molecular flexibility index (Phi) is 3.00. The average Bonchev–Trinajstić information content (AvgIpc) is 2.67. The third-order valence-electron chi connectivity index (χ3n) is 3.49. The molecule has 106 valence electrons. The molecule has 0 atom stereocenters. The molecule has 0 unspecified atom stereocenters. The summed E-state index contributed by atoms with van der Waals surface area (Å²) in [5.41, 5.74) is 2.11. The Morgan fingerprint density at radius 2 is 2.15 bits per heavy atom. The summed E-state index contributed by atoms with van der Waals surface area (Å²) in [4.78, 5) is 18.3. The van der Waals surface area contributed by atoms with E-state index in [1.807, 2.05) is 11.0 Å². The molecule has 0 N–H and O–H groups in total. The van der Waals surface area contributed by atoms with Gasteiger partial charge in [-0.15, -0.1) is 0 Å². The van der Waals surface area contributed by atoms with Crippen molar-refractivity contribution in [2.75, 3.05) is 13.1 Å². The minimum absolute atomic E-state index is 0.0496. The van der Waals surface area contributed by atoms with Crippen LogP contribution in [-0.2, 0) is 6.42 Å². The second-order valence-corrected chi connectivity index (χ2v) is 6.59. The molecular weight excluding hydrogens is 254 g/mol. The maximum atomic E-state index is 12.2. The molecule has 1 fully saturated rings. The fraction of sp³-hybridized carbons (Fsp3) is 0.533. The summed E-state index contributed by atoms with van der Waals surface area (Å²) in [6, 6.07) is 1.86. The highest BCUT2D eigenvalue weighted by Crippen LogP contribution is 2.26. The van der Waals surface area contributed by atoms with E-state index in [1.165, 1.54) is 0 Å². The first kappa shape index (κ1) is 13.1. The van der Waals surface area contributed by atoms with Crippen molar-refractivity contribution in [3.63, 3.8) is 0 Å². The first-order chi connectivity index (χ1) is 9.44. The predicted molar refractivity (Wildman–Crippen MR) is 75.5 cm³/mol. The monoisotopic (exact) mass is 273 g/mol. The molecule has 0 aromatic carbocycles. The molecule has 3 heterocycles. The van der Waals surface area contributed by atoms with Gasteiger partial charge in [0, 0.05) is 19.3 Å². The normalized spacial score (nSPS) is 15.4. The van der Waals surface area contributed by atoms with E-state index in [9.17, 15) is 4.79 Å². The van der Waals surface area contributed by atoms with E-state index in [2.05, 4.69) is 30.9 Å². The molecule has 0 bridgehead atoms. The van der Waals surface area contributed by atoms with Crippen LogP contribution in [0.2, 0.25) is 0 Å². The minimum Gasteiger partial charge on any atom is -0.338 e. The summed E-state index contributed by atoms with van der Waals surface area (Å²) < 4.78 is 5.24. The lowest BCUT2D eigenvalue weighted by Crippen LogP contribution is -2.42. The number of pyridine rings is 1. The molecule has 0 radical (unpaired) electrons. The highest BCUT2D eigenvalue weighted by atomic mass is 16.5. The van der Waals surface area contributed by atoms with Gasteiger partial charge in [-0.25, -0.2) is 4.98 Å². The molecule has 0 saturated carbocycles. The van der Waals surface area contributed by atoms with Crippen molar-refractivity contribution >= 4 is 17.0 Å². The van der Waals surface area contributed by atoms with E-state index in [0.717, 1.165) is 37.0 Å². The van der Waals surface area contributed by atoms with E-state index in [1.54, 1.807) is 6.20 Å². The summed E-state index contributed by atoms with van der Waals surface area (Å²) in [6.07, 6.45) is 3.46. The Morgan fingerprint density at radius 3 is 2.75 bits per heavy atom. The van der Waals surface area contributed by atoms with Gasteiger partial charge >= 0.3 is 0 Å². The van der Waals surface area contributed by atoms with Crippen LogP contribution in [0.15, 0.2) is 16.8 Å². The van der Waals surface area contributed by atoms with Gasteiger partial charge < -0.3 is 9.42 Å². The van der Waals surface area contributed by atoms with E-state index in [4.69, 9.17) is 4.52 Å². The van der Waals surface area contributed by atoms with Gasteiger partial charge in [0.1, 0.15) is 0 Å². The first-order valence-electron chi connectivity index (χ1n) is 6.98. The molecule has 1 aliphatic heterocycles.